The van der Waals surface area contributed by atoms with Gasteiger partial charge in [-0.15, -0.1) is 17.0 Å². The Morgan fingerprint density at radius 1 is 1.67 bits per heavy atom. The zero-order valence-electron chi connectivity index (χ0n) is 5.00. The standard InChI is InChI=1S/C5H9N3.BrH/c6-2-1-5-7-3-4-8-5;/h3-4H,1-2,6H2,(H,7,8);1H. The van der Waals surface area contributed by atoms with Gasteiger partial charge >= 0.3 is 0 Å². The average Bonchev–Trinajstić information content (AvgIpc) is 2.19. The molecular weight excluding hydrogens is 182 g/mol. The average molecular weight is 192 g/mol. The molecule has 9 heavy (non-hydrogen) atoms. The van der Waals surface area contributed by atoms with Crippen molar-refractivity contribution in [3.05, 3.63) is 18.2 Å². The molecule has 1 heterocycles. The van der Waals surface area contributed by atoms with Crippen molar-refractivity contribution in [1.82, 2.24) is 9.97 Å². The van der Waals surface area contributed by atoms with Gasteiger partial charge < -0.3 is 10.7 Å². The number of hydrogen-bond acceptors (Lipinski definition) is 2. The number of nitrogens with two attached hydrogens (primary N) is 1. The van der Waals surface area contributed by atoms with Crippen molar-refractivity contribution in [1.29, 1.82) is 0 Å². The maximum atomic E-state index is 5.26. The minimum atomic E-state index is 0. The van der Waals surface area contributed by atoms with Crippen molar-refractivity contribution in [2.45, 2.75) is 6.42 Å². The third-order valence-corrected chi connectivity index (χ3v) is 0.936. The van der Waals surface area contributed by atoms with Crippen LogP contribution in [0.15, 0.2) is 12.4 Å². The van der Waals surface area contributed by atoms with Gasteiger partial charge in [0.15, 0.2) is 0 Å². The van der Waals surface area contributed by atoms with Gasteiger partial charge in [-0.3, -0.25) is 0 Å². The quantitative estimate of drug-likeness (QED) is 0.716. The van der Waals surface area contributed by atoms with Crippen LogP contribution in [0.4, 0.5) is 0 Å². The summed E-state index contributed by atoms with van der Waals surface area (Å²) in [6.07, 6.45) is 4.36. The predicted molar refractivity (Wildman–Crippen MR) is 41.7 cm³/mol. The summed E-state index contributed by atoms with van der Waals surface area (Å²) in [7, 11) is 0. The van der Waals surface area contributed by atoms with Gasteiger partial charge in [0.1, 0.15) is 5.82 Å². The largest absolute Gasteiger partial charge is 0.349 e. The molecule has 52 valence electrons. The van der Waals surface area contributed by atoms with Crippen LogP contribution in [0.25, 0.3) is 0 Å². The third-order valence-electron chi connectivity index (χ3n) is 0.936. The van der Waals surface area contributed by atoms with Gasteiger partial charge in [-0.05, 0) is 6.54 Å². The second-order valence-electron chi connectivity index (χ2n) is 1.57. The Bertz CT molecular complexity index is 138. The number of nitrogens with one attached hydrogen (secondary N) is 1. The molecule has 4 heteroatoms. The normalized spacial score (nSPS) is 8.56. The first-order valence-electron chi connectivity index (χ1n) is 2.62. The van der Waals surface area contributed by atoms with E-state index in [0.717, 1.165) is 12.2 Å². The van der Waals surface area contributed by atoms with Crippen LogP contribution in [0.2, 0.25) is 0 Å². The van der Waals surface area contributed by atoms with Crippen molar-refractivity contribution < 1.29 is 0 Å². The molecule has 0 aliphatic heterocycles. The summed E-state index contributed by atoms with van der Waals surface area (Å²) in [4.78, 5) is 6.92. The minimum absolute atomic E-state index is 0. The molecule has 3 N–H and O–H groups in total. The van der Waals surface area contributed by atoms with Crippen LogP contribution in [-0.2, 0) is 6.42 Å². The highest BCUT2D eigenvalue weighted by Gasteiger charge is 1.87. The van der Waals surface area contributed by atoms with E-state index in [9.17, 15) is 0 Å². The third kappa shape index (κ3) is 2.62. The molecule has 0 aromatic carbocycles. The Labute approximate surface area is 64.4 Å². The van der Waals surface area contributed by atoms with Gasteiger partial charge in [-0.2, -0.15) is 0 Å². The predicted octanol–water partition coefficient (Wildman–Crippen LogP) is 0.489. The van der Waals surface area contributed by atoms with Gasteiger partial charge in [0.2, 0.25) is 0 Å². The highest BCUT2D eigenvalue weighted by molar-refractivity contribution is 8.93. The summed E-state index contributed by atoms with van der Waals surface area (Å²) in [5.74, 6) is 0.965. The van der Waals surface area contributed by atoms with Gasteiger partial charge in [-0.1, -0.05) is 0 Å². The molecule has 0 amide bonds. The van der Waals surface area contributed by atoms with Gasteiger partial charge in [0.25, 0.3) is 0 Å². The number of imidazole rings is 1. The molecule has 0 fully saturated rings. The van der Waals surface area contributed by atoms with Crippen LogP contribution < -0.4 is 5.73 Å². The molecule has 0 atom stereocenters. The van der Waals surface area contributed by atoms with E-state index < -0.39 is 0 Å². The van der Waals surface area contributed by atoms with Crippen molar-refractivity contribution in [3.8, 4) is 0 Å². The summed E-state index contributed by atoms with van der Waals surface area (Å²) >= 11 is 0. The van der Waals surface area contributed by atoms with E-state index in [4.69, 9.17) is 5.73 Å². The molecule has 0 aliphatic rings. The Morgan fingerprint density at radius 3 is 2.89 bits per heavy atom. The zero-order valence-corrected chi connectivity index (χ0v) is 6.71. The van der Waals surface area contributed by atoms with Crippen LogP contribution in [0, 0.1) is 0 Å². The molecule has 1 aromatic rings. The zero-order chi connectivity index (χ0) is 5.82. The molecule has 0 radical (unpaired) electrons. The Morgan fingerprint density at radius 2 is 2.44 bits per heavy atom. The summed E-state index contributed by atoms with van der Waals surface area (Å²) < 4.78 is 0. The molecule has 0 aliphatic carbocycles. The monoisotopic (exact) mass is 191 g/mol. The fraction of sp³-hybridized carbons (Fsp3) is 0.400. The van der Waals surface area contributed by atoms with Crippen molar-refractivity contribution in [3.63, 3.8) is 0 Å². The number of rotatable bonds is 2. The highest BCUT2D eigenvalue weighted by Crippen LogP contribution is 1.85. The van der Waals surface area contributed by atoms with Crippen molar-refractivity contribution >= 4 is 17.0 Å². The lowest BCUT2D eigenvalue weighted by atomic mass is 10.4. The maximum Gasteiger partial charge on any atom is 0.107 e. The minimum Gasteiger partial charge on any atom is -0.349 e. The molecule has 1 rings (SSSR count). The lowest BCUT2D eigenvalue weighted by Gasteiger charge is -1.86. The van der Waals surface area contributed by atoms with E-state index in [1.807, 2.05) is 0 Å². The first-order valence-corrected chi connectivity index (χ1v) is 2.62. The molecule has 0 spiro atoms. The Hall–Kier alpha value is -0.350. The van der Waals surface area contributed by atoms with Crippen LogP contribution >= 0.6 is 17.0 Å². The topological polar surface area (TPSA) is 54.7 Å². The van der Waals surface area contributed by atoms with E-state index in [2.05, 4.69) is 9.97 Å². The van der Waals surface area contributed by atoms with E-state index in [1.165, 1.54) is 0 Å². The lowest BCUT2D eigenvalue weighted by Crippen LogP contribution is -2.03. The number of aromatic nitrogens is 2. The summed E-state index contributed by atoms with van der Waals surface area (Å²) in [5, 5.41) is 0. The summed E-state index contributed by atoms with van der Waals surface area (Å²) in [6.45, 7) is 0.660. The Kier molecular flexibility index (Phi) is 4.35. The van der Waals surface area contributed by atoms with Crippen LogP contribution in [-0.4, -0.2) is 16.5 Å². The van der Waals surface area contributed by atoms with E-state index in [1.54, 1.807) is 12.4 Å². The highest BCUT2D eigenvalue weighted by atomic mass is 79.9. The molecule has 0 unspecified atom stereocenters. The fourth-order valence-electron chi connectivity index (χ4n) is 0.571. The molecule has 1 aromatic heterocycles. The first-order chi connectivity index (χ1) is 3.93. The number of halogens is 1. The first kappa shape index (κ1) is 8.65. The molecule has 0 bridgehead atoms. The second kappa shape index (κ2) is 4.52. The lowest BCUT2D eigenvalue weighted by molar-refractivity contribution is 0.894. The number of nitrogens with zero attached hydrogens (tertiary/aromatic N) is 1. The van der Waals surface area contributed by atoms with Crippen LogP contribution in [0.3, 0.4) is 0 Å². The molecular formula is C5H10BrN3. The molecule has 3 nitrogen and oxygen atoms in total. The Balaban J connectivity index is 0.000000640. The number of H-pyrrole nitrogens is 1. The van der Waals surface area contributed by atoms with Gasteiger partial charge in [0.05, 0.1) is 0 Å². The fourth-order valence-corrected chi connectivity index (χ4v) is 0.571. The van der Waals surface area contributed by atoms with E-state index in [0.29, 0.717) is 6.54 Å². The van der Waals surface area contributed by atoms with Crippen molar-refractivity contribution in [2.24, 2.45) is 5.73 Å². The van der Waals surface area contributed by atoms with Gasteiger partial charge in [-0.25, -0.2) is 4.98 Å². The van der Waals surface area contributed by atoms with Gasteiger partial charge in [0, 0.05) is 18.8 Å². The van der Waals surface area contributed by atoms with Crippen molar-refractivity contribution in [2.75, 3.05) is 6.54 Å². The van der Waals surface area contributed by atoms with Crippen LogP contribution in [0.1, 0.15) is 5.82 Å². The summed E-state index contributed by atoms with van der Waals surface area (Å²) in [6, 6.07) is 0. The SMILES string of the molecule is Br.NCCc1ncc[nH]1. The number of aromatic amines is 1. The van der Waals surface area contributed by atoms with Crippen LogP contribution in [0.5, 0.6) is 0 Å². The smallest absolute Gasteiger partial charge is 0.107 e. The number of hydrogen-bond donors (Lipinski definition) is 2. The van der Waals surface area contributed by atoms with E-state index >= 15 is 0 Å². The molecule has 0 saturated carbocycles. The summed E-state index contributed by atoms with van der Waals surface area (Å²) in [5.41, 5.74) is 5.26. The molecule has 0 saturated heterocycles. The second-order valence-corrected chi connectivity index (χ2v) is 1.57. The van der Waals surface area contributed by atoms with E-state index in [-0.39, 0.29) is 17.0 Å². The maximum absolute atomic E-state index is 5.26.